The molecule has 4 rings (SSSR count). The molecule has 37 heavy (non-hydrogen) atoms. The van der Waals surface area contributed by atoms with E-state index in [0.717, 1.165) is 11.8 Å². The van der Waals surface area contributed by atoms with E-state index in [0.29, 0.717) is 60.0 Å². The molecule has 0 radical (unpaired) electrons. The fourth-order valence-corrected chi connectivity index (χ4v) is 3.78. The maximum absolute atomic E-state index is 13.4. The molecule has 0 atom stereocenters. The standard InChI is InChI=1S/C28H26N6O3/c1-30-11-13-34(14-12-31-19-32-24-10-6-5-9-21(24)18-35)28(36)22-15-23(17-29)26-25(16-22)37-27(33-26)20-7-3-2-4-8-20/h2-10,15-16,18-19,30H,11-14H2,1H3,(H,31,32). The van der Waals surface area contributed by atoms with Crippen molar-refractivity contribution in [2.45, 2.75) is 0 Å². The minimum absolute atomic E-state index is 0.235. The highest BCUT2D eigenvalue weighted by atomic mass is 16.3. The van der Waals surface area contributed by atoms with Crippen molar-refractivity contribution < 1.29 is 14.0 Å². The SMILES string of the molecule is CNCCN(CCN=CNc1ccccc1C=O)C(=O)c1cc(C#N)c2nc(-c3ccccc3)oc2c1. The topological polar surface area (TPSA) is 124 Å². The number of aliphatic imine (C=N–C) groups is 1. The molecular weight excluding hydrogens is 468 g/mol. The molecule has 0 saturated carbocycles. The molecule has 9 nitrogen and oxygen atoms in total. The summed E-state index contributed by atoms with van der Waals surface area (Å²) in [5.41, 5.74) is 3.40. The van der Waals surface area contributed by atoms with Gasteiger partial charge < -0.3 is 20.0 Å². The summed E-state index contributed by atoms with van der Waals surface area (Å²) in [5, 5.41) is 15.8. The van der Waals surface area contributed by atoms with E-state index in [4.69, 9.17) is 4.42 Å². The van der Waals surface area contributed by atoms with E-state index in [2.05, 4.69) is 26.7 Å². The van der Waals surface area contributed by atoms with Crippen molar-refractivity contribution in [3.05, 3.63) is 83.4 Å². The van der Waals surface area contributed by atoms with Gasteiger partial charge in [-0.3, -0.25) is 14.6 Å². The maximum atomic E-state index is 13.4. The molecule has 0 bridgehead atoms. The van der Waals surface area contributed by atoms with Crippen LogP contribution in [0.5, 0.6) is 0 Å². The Hall–Kier alpha value is -4.81. The van der Waals surface area contributed by atoms with Gasteiger partial charge >= 0.3 is 0 Å². The minimum Gasteiger partial charge on any atom is -0.436 e. The molecule has 0 saturated heterocycles. The smallest absolute Gasteiger partial charge is 0.254 e. The van der Waals surface area contributed by atoms with Gasteiger partial charge in [0.1, 0.15) is 11.6 Å². The van der Waals surface area contributed by atoms with Gasteiger partial charge in [-0.25, -0.2) is 4.98 Å². The number of nitrogens with one attached hydrogen (secondary N) is 2. The van der Waals surface area contributed by atoms with Crippen LogP contribution >= 0.6 is 0 Å². The lowest BCUT2D eigenvalue weighted by Gasteiger charge is -2.22. The number of anilines is 1. The Labute approximate surface area is 214 Å². The first-order valence-corrected chi connectivity index (χ1v) is 11.8. The summed E-state index contributed by atoms with van der Waals surface area (Å²) in [7, 11) is 1.81. The number of carbonyl (C=O) groups excluding carboxylic acids is 2. The highest BCUT2D eigenvalue weighted by Gasteiger charge is 2.20. The Morgan fingerprint density at radius 1 is 1.14 bits per heavy atom. The fourth-order valence-electron chi connectivity index (χ4n) is 3.78. The lowest BCUT2D eigenvalue weighted by molar-refractivity contribution is 0.0762. The van der Waals surface area contributed by atoms with Crippen molar-refractivity contribution in [2.75, 3.05) is 38.5 Å². The largest absolute Gasteiger partial charge is 0.436 e. The predicted molar refractivity (Wildman–Crippen MR) is 143 cm³/mol. The molecule has 0 fully saturated rings. The van der Waals surface area contributed by atoms with Crippen molar-refractivity contribution in [2.24, 2.45) is 4.99 Å². The summed E-state index contributed by atoms with van der Waals surface area (Å²) < 4.78 is 5.92. The van der Waals surface area contributed by atoms with Gasteiger partial charge in [-0.1, -0.05) is 30.3 Å². The average Bonchev–Trinajstić information content (AvgIpc) is 3.39. The van der Waals surface area contributed by atoms with E-state index in [1.54, 1.807) is 35.2 Å². The number of hydrogen-bond donors (Lipinski definition) is 2. The second-order valence-electron chi connectivity index (χ2n) is 8.15. The molecule has 9 heteroatoms. The van der Waals surface area contributed by atoms with Gasteiger partial charge in [-0.15, -0.1) is 0 Å². The van der Waals surface area contributed by atoms with Crippen LogP contribution in [0.3, 0.4) is 0 Å². The molecule has 0 aliphatic heterocycles. The number of hydrogen-bond acceptors (Lipinski definition) is 7. The van der Waals surface area contributed by atoms with Gasteiger partial charge in [-0.05, 0) is 43.4 Å². The molecule has 0 aliphatic carbocycles. The quantitative estimate of drug-likeness (QED) is 0.184. The molecule has 0 aliphatic rings. The van der Waals surface area contributed by atoms with E-state index in [1.807, 2.05) is 43.4 Å². The van der Waals surface area contributed by atoms with Crippen molar-refractivity contribution in [3.63, 3.8) is 0 Å². The monoisotopic (exact) mass is 494 g/mol. The number of carbonyl (C=O) groups is 2. The molecule has 1 heterocycles. The number of aldehydes is 1. The normalized spacial score (nSPS) is 10.9. The van der Waals surface area contributed by atoms with E-state index in [1.165, 1.54) is 6.34 Å². The van der Waals surface area contributed by atoms with E-state index < -0.39 is 0 Å². The first kappa shape index (κ1) is 25.3. The third-order valence-electron chi connectivity index (χ3n) is 5.70. The molecule has 1 aromatic heterocycles. The minimum atomic E-state index is -0.235. The lowest BCUT2D eigenvalue weighted by Crippen LogP contribution is -2.38. The number of nitriles is 1. The number of likely N-dealkylation sites (N-methyl/N-ethyl adjacent to an activating group) is 1. The molecule has 1 amide bonds. The number of rotatable bonds is 11. The van der Waals surface area contributed by atoms with Crippen LogP contribution in [0.15, 0.2) is 76.1 Å². The Kier molecular flexibility index (Phi) is 8.37. The zero-order valence-electron chi connectivity index (χ0n) is 20.3. The third-order valence-corrected chi connectivity index (χ3v) is 5.70. The first-order chi connectivity index (χ1) is 18.1. The molecule has 186 valence electrons. The highest BCUT2D eigenvalue weighted by Crippen LogP contribution is 2.27. The second-order valence-corrected chi connectivity index (χ2v) is 8.15. The van der Waals surface area contributed by atoms with Crippen molar-refractivity contribution in [1.29, 1.82) is 5.26 Å². The Bertz CT molecular complexity index is 1460. The van der Waals surface area contributed by atoms with Crippen LogP contribution in [0, 0.1) is 11.3 Å². The zero-order valence-corrected chi connectivity index (χ0v) is 20.3. The lowest BCUT2D eigenvalue weighted by atomic mass is 10.1. The molecule has 0 spiro atoms. The van der Waals surface area contributed by atoms with E-state index in [9.17, 15) is 14.9 Å². The van der Waals surface area contributed by atoms with Gasteiger partial charge in [0.05, 0.1) is 18.4 Å². The molecule has 3 aromatic carbocycles. The van der Waals surface area contributed by atoms with Crippen molar-refractivity contribution in [1.82, 2.24) is 15.2 Å². The van der Waals surface area contributed by atoms with Gasteiger partial charge in [-0.2, -0.15) is 5.26 Å². The van der Waals surface area contributed by atoms with Gasteiger partial charge in [0.15, 0.2) is 11.9 Å². The number of amides is 1. The predicted octanol–water partition coefficient (Wildman–Crippen LogP) is 3.98. The second kappa shape index (κ2) is 12.2. The van der Waals surface area contributed by atoms with Crippen LogP contribution in [-0.4, -0.2) is 61.6 Å². The summed E-state index contributed by atoms with van der Waals surface area (Å²) in [6.07, 6.45) is 2.29. The average molecular weight is 495 g/mol. The highest BCUT2D eigenvalue weighted by molar-refractivity contribution is 5.99. The van der Waals surface area contributed by atoms with Crippen molar-refractivity contribution >= 4 is 35.3 Å². The van der Waals surface area contributed by atoms with Crippen LogP contribution in [0.1, 0.15) is 26.3 Å². The number of fused-ring (bicyclic) bond motifs is 1. The van der Waals surface area contributed by atoms with Crippen LogP contribution < -0.4 is 10.6 Å². The Balaban J connectivity index is 1.51. The molecule has 0 unspecified atom stereocenters. The van der Waals surface area contributed by atoms with Crippen LogP contribution in [-0.2, 0) is 0 Å². The summed E-state index contributed by atoms with van der Waals surface area (Å²) in [4.78, 5) is 35.1. The summed E-state index contributed by atoms with van der Waals surface area (Å²) >= 11 is 0. The number of oxazole rings is 1. The van der Waals surface area contributed by atoms with Crippen LogP contribution in [0.25, 0.3) is 22.6 Å². The van der Waals surface area contributed by atoms with Gasteiger partial charge in [0.2, 0.25) is 5.89 Å². The number of para-hydroxylation sites is 1. The Morgan fingerprint density at radius 3 is 2.68 bits per heavy atom. The summed E-state index contributed by atoms with van der Waals surface area (Å²) in [6, 6.07) is 21.8. The number of aromatic nitrogens is 1. The molecular formula is C28H26N6O3. The molecule has 4 aromatic rings. The summed E-state index contributed by atoms with van der Waals surface area (Å²) in [6.45, 7) is 1.76. The third kappa shape index (κ3) is 6.07. The summed E-state index contributed by atoms with van der Waals surface area (Å²) in [5.74, 6) is 0.155. The van der Waals surface area contributed by atoms with E-state index >= 15 is 0 Å². The van der Waals surface area contributed by atoms with Crippen LogP contribution in [0.4, 0.5) is 5.69 Å². The van der Waals surface area contributed by atoms with Crippen LogP contribution in [0.2, 0.25) is 0 Å². The van der Waals surface area contributed by atoms with Gasteiger partial charge in [0, 0.05) is 42.0 Å². The number of nitrogens with zero attached hydrogens (tertiary/aromatic N) is 4. The van der Waals surface area contributed by atoms with E-state index in [-0.39, 0.29) is 11.5 Å². The zero-order chi connectivity index (χ0) is 26.0. The van der Waals surface area contributed by atoms with Gasteiger partial charge in [0.25, 0.3) is 5.91 Å². The van der Waals surface area contributed by atoms with Crippen molar-refractivity contribution in [3.8, 4) is 17.5 Å². The fraction of sp³-hybridized carbons (Fsp3) is 0.179. The molecule has 2 N–H and O–H groups in total. The maximum Gasteiger partial charge on any atom is 0.254 e. The Morgan fingerprint density at radius 2 is 1.92 bits per heavy atom. The number of benzene rings is 3. The first-order valence-electron chi connectivity index (χ1n) is 11.8.